The van der Waals surface area contributed by atoms with Crippen LogP contribution in [0.1, 0.15) is 0 Å². The second-order valence-electron chi connectivity index (χ2n) is 15.3. The number of nitrogens with zero attached hydrogens (tertiary/aromatic N) is 5. The fourth-order valence-corrected chi connectivity index (χ4v) is 8.11. The van der Waals surface area contributed by atoms with Gasteiger partial charge in [-0.25, -0.2) is 24.9 Å². The van der Waals surface area contributed by atoms with Crippen LogP contribution in [0.4, 0.5) is 0 Å². The lowest BCUT2D eigenvalue weighted by molar-refractivity contribution is 1.07. The minimum absolute atomic E-state index is 0.620. The molecular formula is C57H37N5. The van der Waals surface area contributed by atoms with Crippen molar-refractivity contribution in [2.24, 2.45) is 0 Å². The van der Waals surface area contributed by atoms with Crippen molar-refractivity contribution in [3.63, 3.8) is 0 Å². The summed E-state index contributed by atoms with van der Waals surface area (Å²) in [6.07, 6.45) is 0. The molecule has 0 aliphatic heterocycles. The summed E-state index contributed by atoms with van der Waals surface area (Å²) < 4.78 is 0. The SMILES string of the molecule is c1ccc(-c2ccc(-c3nc(-c4ccccc4)nc(-c4ccc(-c5cccc(-c6cc(-c7ccccc7)nc7c6ccc6ccc(-c8ccccc8)nc67)c5)cc4)n3)cc2)cc1. The average molecular weight is 792 g/mol. The number of hydrogen-bond donors (Lipinski definition) is 0. The first-order chi connectivity index (χ1) is 30.7. The molecule has 11 aromatic rings. The van der Waals surface area contributed by atoms with Gasteiger partial charge in [-0.05, 0) is 51.6 Å². The molecule has 0 spiro atoms. The molecule has 5 heteroatoms. The van der Waals surface area contributed by atoms with Gasteiger partial charge >= 0.3 is 0 Å². The maximum absolute atomic E-state index is 5.30. The summed E-state index contributed by atoms with van der Waals surface area (Å²) in [4.78, 5) is 25.5. The van der Waals surface area contributed by atoms with Gasteiger partial charge in [0, 0.05) is 38.6 Å². The Hall–Kier alpha value is -8.41. The topological polar surface area (TPSA) is 64.5 Å². The van der Waals surface area contributed by atoms with Crippen LogP contribution in [0.5, 0.6) is 0 Å². The van der Waals surface area contributed by atoms with Crippen molar-refractivity contribution in [3.05, 3.63) is 224 Å². The number of aromatic nitrogens is 5. The third-order valence-electron chi connectivity index (χ3n) is 11.3. The molecule has 0 saturated carbocycles. The highest BCUT2D eigenvalue weighted by Crippen LogP contribution is 2.38. The Morgan fingerprint density at radius 1 is 0.226 bits per heavy atom. The normalized spacial score (nSPS) is 11.2. The fourth-order valence-electron chi connectivity index (χ4n) is 8.11. The van der Waals surface area contributed by atoms with Gasteiger partial charge in [-0.3, -0.25) is 0 Å². The molecule has 0 N–H and O–H groups in total. The van der Waals surface area contributed by atoms with Gasteiger partial charge in [0.15, 0.2) is 17.5 Å². The molecule has 5 nitrogen and oxygen atoms in total. The lowest BCUT2D eigenvalue weighted by atomic mass is 9.94. The van der Waals surface area contributed by atoms with Gasteiger partial charge in [0.25, 0.3) is 0 Å². The summed E-state index contributed by atoms with van der Waals surface area (Å²) in [5.41, 5.74) is 15.2. The Morgan fingerprint density at radius 2 is 0.629 bits per heavy atom. The van der Waals surface area contributed by atoms with E-state index in [1.165, 1.54) is 5.56 Å². The maximum atomic E-state index is 5.30. The third kappa shape index (κ3) is 7.18. The molecular weight excluding hydrogens is 755 g/mol. The zero-order valence-corrected chi connectivity index (χ0v) is 33.6. The van der Waals surface area contributed by atoms with Crippen molar-refractivity contribution in [3.8, 4) is 90.1 Å². The Labute approximate surface area is 359 Å². The zero-order chi connectivity index (χ0) is 41.2. The van der Waals surface area contributed by atoms with Crippen LogP contribution >= 0.6 is 0 Å². The van der Waals surface area contributed by atoms with Crippen LogP contribution in [0, 0.1) is 0 Å². The van der Waals surface area contributed by atoms with Crippen molar-refractivity contribution in [1.29, 1.82) is 0 Å². The smallest absolute Gasteiger partial charge is 0.164 e. The molecule has 0 radical (unpaired) electrons. The van der Waals surface area contributed by atoms with Crippen molar-refractivity contribution >= 4 is 21.8 Å². The number of fused-ring (bicyclic) bond motifs is 3. The lowest BCUT2D eigenvalue weighted by Gasteiger charge is -2.14. The highest BCUT2D eigenvalue weighted by atomic mass is 15.0. The molecule has 0 aliphatic carbocycles. The molecule has 3 heterocycles. The summed E-state index contributed by atoms with van der Waals surface area (Å²) in [5.74, 6) is 1.88. The molecule has 0 unspecified atom stereocenters. The van der Waals surface area contributed by atoms with Crippen molar-refractivity contribution in [2.45, 2.75) is 0 Å². The second kappa shape index (κ2) is 16.0. The molecule has 0 fully saturated rings. The summed E-state index contributed by atoms with van der Waals surface area (Å²) in [5, 5.41) is 2.11. The van der Waals surface area contributed by atoms with Crippen LogP contribution in [0.15, 0.2) is 224 Å². The van der Waals surface area contributed by atoms with E-state index in [0.717, 1.165) is 88.8 Å². The average Bonchev–Trinajstić information content (AvgIpc) is 3.37. The summed E-state index contributed by atoms with van der Waals surface area (Å²) >= 11 is 0. The van der Waals surface area contributed by atoms with Crippen LogP contribution < -0.4 is 0 Å². The highest BCUT2D eigenvalue weighted by molar-refractivity contribution is 6.10. The van der Waals surface area contributed by atoms with E-state index in [1.54, 1.807) is 0 Å². The van der Waals surface area contributed by atoms with Gasteiger partial charge in [-0.2, -0.15) is 0 Å². The quantitative estimate of drug-likeness (QED) is 0.143. The van der Waals surface area contributed by atoms with E-state index in [9.17, 15) is 0 Å². The third-order valence-corrected chi connectivity index (χ3v) is 11.3. The second-order valence-corrected chi connectivity index (χ2v) is 15.3. The molecule has 0 aliphatic rings. The predicted molar refractivity (Wildman–Crippen MR) is 254 cm³/mol. The number of hydrogen-bond acceptors (Lipinski definition) is 5. The van der Waals surface area contributed by atoms with E-state index in [0.29, 0.717) is 17.5 Å². The van der Waals surface area contributed by atoms with Gasteiger partial charge in [-0.15, -0.1) is 0 Å². The largest absolute Gasteiger partial charge is 0.245 e. The van der Waals surface area contributed by atoms with E-state index in [-0.39, 0.29) is 0 Å². The lowest BCUT2D eigenvalue weighted by Crippen LogP contribution is -2.00. The Bertz CT molecular complexity index is 3350. The molecule has 0 saturated heterocycles. The minimum Gasteiger partial charge on any atom is -0.245 e. The zero-order valence-electron chi connectivity index (χ0n) is 33.6. The number of benzene rings is 8. The Morgan fingerprint density at radius 3 is 1.21 bits per heavy atom. The molecule has 3 aromatic heterocycles. The van der Waals surface area contributed by atoms with Crippen LogP contribution in [0.3, 0.4) is 0 Å². The molecule has 0 atom stereocenters. The van der Waals surface area contributed by atoms with E-state index in [2.05, 4.69) is 164 Å². The van der Waals surface area contributed by atoms with E-state index in [4.69, 9.17) is 24.9 Å². The van der Waals surface area contributed by atoms with Gasteiger partial charge in [0.2, 0.25) is 0 Å². The van der Waals surface area contributed by atoms with E-state index >= 15 is 0 Å². The van der Waals surface area contributed by atoms with Gasteiger partial charge in [0.05, 0.1) is 22.4 Å². The van der Waals surface area contributed by atoms with Crippen LogP contribution in [0.2, 0.25) is 0 Å². The maximum Gasteiger partial charge on any atom is 0.164 e. The fraction of sp³-hybridized carbons (Fsp3) is 0. The minimum atomic E-state index is 0.620. The Balaban J connectivity index is 0.978. The first-order valence-corrected chi connectivity index (χ1v) is 20.7. The number of rotatable bonds is 8. The predicted octanol–water partition coefficient (Wildman–Crippen LogP) is 14.3. The van der Waals surface area contributed by atoms with Crippen LogP contribution in [-0.4, -0.2) is 24.9 Å². The van der Waals surface area contributed by atoms with Gasteiger partial charge in [0.1, 0.15) is 0 Å². The van der Waals surface area contributed by atoms with E-state index in [1.807, 2.05) is 60.7 Å². The molecule has 62 heavy (non-hydrogen) atoms. The summed E-state index contributed by atoms with van der Waals surface area (Å²) in [7, 11) is 0. The molecule has 8 aromatic carbocycles. The first-order valence-electron chi connectivity index (χ1n) is 20.7. The first kappa shape index (κ1) is 36.7. The molecule has 0 amide bonds. The van der Waals surface area contributed by atoms with Crippen LogP contribution in [0.25, 0.3) is 112 Å². The van der Waals surface area contributed by atoms with Gasteiger partial charge in [-0.1, -0.05) is 206 Å². The highest BCUT2D eigenvalue weighted by Gasteiger charge is 2.16. The molecule has 290 valence electrons. The van der Waals surface area contributed by atoms with Crippen molar-refractivity contribution in [2.75, 3.05) is 0 Å². The summed E-state index contributed by atoms with van der Waals surface area (Å²) in [6.45, 7) is 0. The molecule has 0 bridgehead atoms. The van der Waals surface area contributed by atoms with E-state index < -0.39 is 0 Å². The number of pyridine rings is 2. The standard InChI is InChI=1S/C57H37N5/c1-5-14-38(15-6-1)39-24-28-45(29-25-39)56-60-55(44-20-11-4-12-21-44)61-57(62-56)46-30-26-40(27-31-46)47-22-13-23-48(36-47)50-37-52(42-18-9-3-10-19-42)59-54-49(50)34-32-43-33-35-51(58-53(43)54)41-16-7-2-8-17-41/h1-37H. The van der Waals surface area contributed by atoms with Crippen molar-refractivity contribution in [1.82, 2.24) is 24.9 Å². The van der Waals surface area contributed by atoms with Crippen molar-refractivity contribution < 1.29 is 0 Å². The monoisotopic (exact) mass is 791 g/mol. The Kier molecular flexibility index (Phi) is 9.45. The van der Waals surface area contributed by atoms with Crippen LogP contribution in [-0.2, 0) is 0 Å². The molecule has 11 rings (SSSR count). The summed E-state index contributed by atoms with van der Waals surface area (Å²) in [6, 6.07) is 77.6. The van der Waals surface area contributed by atoms with Gasteiger partial charge < -0.3 is 0 Å².